The molecule has 0 heterocycles. The maximum atomic E-state index is 13.5. The molecule has 3 rings (SSSR count). The first kappa shape index (κ1) is 25.5. The van der Waals surface area contributed by atoms with E-state index < -0.39 is 22.5 Å². The van der Waals surface area contributed by atoms with Gasteiger partial charge in [-0.05, 0) is 79.9 Å². The molecule has 0 fully saturated rings. The second kappa shape index (κ2) is 11.3. The molecular weight excluding hydrogens is 464 g/mol. The van der Waals surface area contributed by atoms with Crippen molar-refractivity contribution in [1.82, 2.24) is 5.43 Å². The number of nitriles is 1. The van der Waals surface area contributed by atoms with Crippen molar-refractivity contribution >= 4 is 27.8 Å². The Balaban J connectivity index is 1.80. The number of nitrogens with zero attached hydrogens (tertiary/aromatic N) is 3. The van der Waals surface area contributed by atoms with E-state index >= 15 is 0 Å². The fraction of sp³-hybridized carbons (Fsp3) is 0.192. The van der Waals surface area contributed by atoms with Crippen LogP contribution in [0.4, 0.5) is 5.69 Å². The van der Waals surface area contributed by atoms with E-state index in [4.69, 9.17) is 10.00 Å². The lowest BCUT2D eigenvalue weighted by molar-refractivity contribution is -0.119. The minimum absolute atomic E-state index is 0.0497. The Morgan fingerprint density at radius 2 is 1.74 bits per heavy atom. The van der Waals surface area contributed by atoms with Crippen molar-refractivity contribution in [3.05, 3.63) is 89.0 Å². The minimum Gasteiger partial charge on any atom is -0.479 e. The lowest BCUT2D eigenvalue weighted by Gasteiger charge is -2.26. The Morgan fingerprint density at radius 3 is 2.40 bits per heavy atom. The van der Waals surface area contributed by atoms with Gasteiger partial charge in [0.25, 0.3) is 15.9 Å². The zero-order valence-electron chi connectivity index (χ0n) is 19.7. The van der Waals surface area contributed by atoms with Crippen molar-refractivity contribution < 1.29 is 17.9 Å². The molecule has 3 aromatic rings. The van der Waals surface area contributed by atoms with Crippen LogP contribution < -0.4 is 14.5 Å². The molecule has 0 bridgehead atoms. The number of benzene rings is 3. The molecule has 1 amide bonds. The summed E-state index contributed by atoms with van der Waals surface area (Å²) in [4.78, 5) is 12.8. The number of amides is 1. The van der Waals surface area contributed by atoms with E-state index in [1.54, 1.807) is 48.5 Å². The van der Waals surface area contributed by atoms with Gasteiger partial charge in [-0.3, -0.25) is 9.10 Å². The van der Waals surface area contributed by atoms with Gasteiger partial charge in [0.05, 0.1) is 16.8 Å². The van der Waals surface area contributed by atoms with Crippen LogP contribution in [0.2, 0.25) is 0 Å². The maximum Gasteiger partial charge on any atom is 0.264 e. The number of aryl methyl sites for hydroxylation is 2. The van der Waals surface area contributed by atoms with Gasteiger partial charge < -0.3 is 4.74 Å². The number of hydrazone groups is 1. The summed E-state index contributed by atoms with van der Waals surface area (Å²) in [6.45, 7) is 5.08. The van der Waals surface area contributed by atoms with Gasteiger partial charge in [-0.15, -0.1) is 0 Å². The zero-order valence-corrected chi connectivity index (χ0v) is 20.5. The van der Waals surface area contributed by atoms with Gasteiger partial charge in [0, 0.05) is 0 Å². The van der Waals surface area contributed by atoms with Crippen molar-refractivity contribution in [1.29, 1.82) is 5.26 Å². The summed E-state index contributed by atoms with van der Waals surface area (Å²) in [5.41, 5.74) is 6.12. The van der Waals surface area contributed by atoms with Crippen LogP contribution in [0.25, 0.3) is 0 Å². The topological polar surface area (TPSA) is 112 Å². The predicted molar refractivity (Wildman–Crippen MR) is 135 cm³/mol. The minimum atomic E-state index is -4.01. The van der Waals surface area contributed by atoms with E-state index in [9.17, 15) is 13.2 Å². The third kappa shape index (κ3) is 6.46. The number of hydrogen-bond acceptors (Lipinski definition) is 6. The molecule has 35 heavy (non-hydrogen) atoms. The molecule has 0 aliphatic rings. The molecule has 0 aliphatic heterocycles. The summed E-state index contributed by atoms with van der Waals surface area (Å²) < 4.78 is 33.3. The first-order chi connectivity index (χ1) is 16.7. The smallest absolute Gasteiger partial charge is 0.264 e. The van der Waals surface area contributed by atoms with Gasteiger partial charge in [0.1, 0.15) is 18.4 Å². The van der Waals surface area contributed by atoms with Gasteiger partial charge in [-0.2, -0.15) is 10.4 Å². The molecule has 1 N–H and O–H groups in total. The van der Waals surface area contributed by atoms with E-state index in [1.807, 2.05) is 32.9 Å². The third-order valence-electron chi connectivity index (χ3n) is 5.33. The van der Waals surface area contributed by atoms with Gasteiger partial charge in [-0.25, -0.2) is 13.8 Å². The van der Waals surface area contributed by atoms with Crippen molar-refractivity contribution in [2.24, 2.45) is 5.10 Å². The average Bonchev–Trinajstić information content (AvgIpc) is 2.84. The highest BCUT2D eigenvalue weighted by Gasteiger charge is 2.28. The summed E-state index contributed by atoms with van der Waals surface area (Å²) in [5, 5.41) is 12.5. The monoisotopic (exact) mass is 490 g/mol. The van der Waals surface area contributed by atoms with Crippen LogP contribution >= 0.6 is 0 Å². The average molecular weight is 491 g/mol. The highest BCUT2D eigenvalue weighted by molar-refractivity contribution is 7.92. The number of ether oxygens (including phenoxy) is 1. The van der Waals surface area contributed by atoms with Crippen LogP contribution in [0, 0.1) is 32.1 Å². The van der Waals surface area contributed by atoms with Crippen LogP contribution in [0.5, 0.6) is 5.75 Å². The number of rotatable bonds is 9. The highest BCUT2D eigenvalue weighted by atomic mass is 32.2. The molecule has 0 saturated carbocycles. The van der Waals surface area contributed by atoms with Crippen molar-refractivity contribution in [2.45, 2.75) is 25.7 Å². The van der Waals surface area contributed by atoms with Gasteiger partial charge in [0.15, 0.2) is 6.61 Å². The Morgan fingerprint density at radius 1 is 1.06 bits per heavy atom. The molecule has 0 unspecified atom stereocenters. The molecule has 0 saturated heterocycles. The standard InChI is InChI=1S/C26H26N4O4S/c1-19-7-13-24(14-8-19)35(32,33)30(25-6-4-5-20(2)21(25)3)18-26(31)29-28-17-22-9-11-23(12-10-22)34-16-15-27/h4-14,17H,16,18H2,1-3H3,(H,29,31)/b28-17-. The van der Waals surface area contributed by atoms with Gasteiger partial charge in [0.2, 0.25) is 0 Å². The predicted octanol–water partition coefficient (Wildman–Crippen LogP) is 3.86. The molecule has 0 atom stereocenters. The van der Waals surface area contributed by atoms with E-state index in [0.717, 1.165) is 21.0 Å². The third-order valence-corrected chi connectivity index (χ3v) is 7.10. The number of anilines is 1. The lowest BCUT2D eigenvalue weighted by atomic mass is 10.1. The van der Waals surface area contributed by atoms with Crippen LogP contribution in [-0.4, -0.2) is 33.7 Å². The summed E-state index contributed by atoms with van der Waals surface area (Å²) in [7, 11) is -4.01. The first-order valence-corrected chi connectivity index (χ1v) is 12.2. The maximum absolute atomic E-state index is 13.5. The number of hydrogen-bond donors (Lipinski definition) is 1. The second-order valence-electron chi connectivity index (χ2n) is 7.85. The molecule has 8 nitrogen and oxygen atoms in total. The Labute approximate surface area is 205 Å². The van der Waals surface area contributed by atoms with Crippen molar-refractivity contribution in [3.63, 3.8) is 0 Å². The number of sulfonamides is 1. The van der Waals surface area contributed by atoms with Crippen LogP contribution in [0.15, 0.2) is 76.7 Å². The van der Waals surface area contributed by atoms with Crippen LogP contribution in [-0.2, 0) is 14.8 Å². The normalized spacial score (nSPS) is 11.1. The lowest BCUT2D eigenvalue weighted by Crippen LogP contribution is -2.40. The molecule has 3 aromatic carbocycles. The summed E-state index contributed by atoms with van der Waals surface area (Å²) in [6.07, 6.45) is 1.43. The largest absolute Gasteiger partial charge is 0.479 e. The van der Waals surface area contributed by atoms with Gasteiger partial charge >= 0.3 is 0 Å². The van der Waals surface area contributed by atoms with E-state index in [2.05, 4.69) is 10.5 Å². The second-order valence-corrected chi connectivity index (χ2v) is 9.72. The Kier molecular flexibility index (Phi) is 8.23. The number of carbonyl (C=O) groups excluding carboxylic acids is 1. The fourth-order valence-corrected chi connectivity index (χ4v) is 4.73. The van der Waals surface area contributed by atoms with Crippen molar-refractivity contribution in [3.8, 4) is 11.8 Å². The Hall–Kier alpha value is -4.16. The SMILES string of the molecule is Cc1ccc(S(=O)(=O)N(CC(=O)N/N=C\c2ccc(OCC#N)cc2)c2cccc(C)c2C)cc1. The van der Waals surface area contributed by atoms with Gasteiger partial charge in [-0.1, -0.05) is 29.8 Å². The van der Waals surface area contributed by atoms with Crippen LogP contribution in [0.3, 0.4) is 0 Å². The van der Waals surface area contributed by atoms with E-state index in [1.165, 1.54) is 18.3 Å². The summed E-state index contributed by atoms with van der Waals surface area (Å²) in [6, 6.07) is 20.5. The summed E-state index contributed by atoms with van der Waals surface area (Å²) >= 11 is 0. The molecule has 180 valence electrons. The quantitative estimate of drug-likeness (QED) is 0.362. The van der Waals surface area contributed by atoms with Crippen LogP contribution in [0.1, 0.15) is 22.3 Å². The highest BCUT2D eigenvalue weighted by Crippen LogP contribution is 2.28. The Bertz CT molecular complexity index is 1360. The number of nitrogens with one attached hydrogen (secondary N) is 1. The molecule has 0 aromatic heterocycles. The van der Waals surface area contributed by atoms with E-state index in [0.29, 0.717) is 17.0 Å². The number of carbonyl (C=O) groups is 1. The molecule has 0 spiro atoms. The molecule has 0 radical (unpaired) electrons. The fourth-order valence-electron chi connectivity index (χ4n) is 3.25. The van der Waals surface area contributed by atoms with Crippen molar-refractivity contribution in [2.75, 3.05) is 17.5 Å². The molecular formula is C26H26N4O4S. The first-order valence-electron chi connectivity index (χ1n) is 10.8. The zero-order chi connectivity index (χ0) is 25.4. The summed E-state index contributed by atoms with van der Waals surface area (Å²) in [5.74, 6) is -0.0509. The molecule has 9 heteroatoms. The molecule has 0 aliphatic carbocycles. The van der Waals surface area contributed by atoms with E-state index in [-0.39, 0.29) is 11.5 Å².